The zero-order chi connectivity index (χ0) is 18.2. The number of hydrogen-bond acceptors (Lipinski definition) is 7. The van der Waals surface area contributed by atoms with E-state index in [9.17, 15) is 4.79 Å². The van der Waals surface area contributed by atoms with E-state index in [-0.39, 0.29) is 12.4 Å². The number of aryl methyl sites for hydroxylation is 1. The number of rotatable bonds is 9. The number of carbonyl (C=O) groups is 1. The fourth-order valence-electron chi connectivity index (χ4n) is 2.11. The number of nitrogens with zero attached hydrogens (tertiary/aromatic N) is 2. The number of esters is 1. The van der Waals surface area contributed by atoms with Crippen LogP contribution < -0.4 is 4.74 Å². The predicted octanol–water partition coefficient (Wildman–Crippen LogP) is 4.40. The van der Waals surface area contributed by atoms with Crippen LogP contribution in [0, 0.1) is 0 Å². The molecule has 0 aliphatic rings. The summed E-state index contributed by atoms with van der Waals surface area (Å²) in [6, 6.07) is 9.03. The van der Waals surface area contributed by atoms with E-state index in [4.69, 9.17) is 25.6 Å². The van der Waals surface area contributed by atoms with Gasteiger partial charge in [0.1, 0.15) is 5.75 Å². The van der Waals surface area contributed by atoms with E-state index >= 15 is 0 Å². The summed E-state index contributed by atoms with van der Waals surface area (Å²) in [5, 5.41) is 8.45. The van der Waals surface area contributed by atoms with Crippen LogP contribution in [-0.2, 0) is 16.0 Å². The Morgan fingerprint density at radius 2 is 2.04 bits per heavy atom. The monoisotopic (exact) mass is 392 g/mol. The maximum absolute atomic E-state index is 11.8. The second-order valence-corrected chi connectivity index (χ2v) is 6.62. The van der Waals surface area contributed by atoms with Crippen molar-refractivity contribution in [3.8, 4) is 17.1 Å². The van der Waals surface area contributed by atoms with E-state index in [1.165, 1.54) is 0 Å². The summed E-state index contributed by atoms with van der Waals surface area (Å²) < 4.78 is 15.8. The van der Waals surface area contributed by atoms with Crippen molar-refractivity contribution in [1.82, 2.24) is 10.1 Å². The molecular weight excluding hydrogens is 376 g/mol. The molecule has 0 bridgehead atoms. The molecule has 0 N–H and O–H groups in total. The molecule has 1 aromatic carbocycles. The van der Waals surface area contributed by atoms with Crippen LogP contribution in [0.1, 0.15) is 18.7 Å². The quantitative estimate of drug-likeness (QED) is 0.397. The Bertz CT molecular complexity index is 818. The first-order chi connectivity index (χ1) is 12.7. The van der Waals surface area contributed by atoms with Gasteiger partial charge in [0, 0.05) is 28.8 Å². The first-order valence-corrected chi connectivity index (χ1v) is 9.42. The first-order valence-electron chi connectivity index (χ1n) is 8.10. The summed E-state index contributed by atoms with van der Waals surface area (Å²) in [4.78, 5) is 16.0. The lowest BCUT2D eigenvalue weighted by atomic mass is 10.3. The van der Waals surface area contributed by atoms with E-state index < -0.39 is 0 Å². The largest absolute Gasteiger partial charge is 0.493 e. The van der Waals surface area contributed by atoms with Gasteiger partial charge in [0.05, 0.1) is 19.6 Å². The molecule has 2 aromatic heterocycles. The Hall–Kier alpha value is -2.38. The molecule has 0 saturated heterocycles. The lowest BCUT2D eigenvalue weighted by Crippen LogP contribution is -2.09. The second-order valence-electron chi connectivity index (χ2n) is 5.40. The second kappa shape index (κ2) is 9.35. The zero-order valence-corrected chi connectivity index (χ0v) is 15.5. The molecule has 3 aromatic rings. The van der Waals surface area contributed by atoms with Gasteiger partial charge in [-0.1, -0.05) is 16.8 Å². The molecule has 0 spiro atoms. The number of carbonyl (C=O) groups excluding carboxylic acids is 1. The van der Waals surface area contributed by atoms with Gasteiger partial charge < -0.3 is 14.0 Å². The maximum atomic E-state index is 11.8. The van der Waals surface area contributed by atoms with E-state index in [1.807, 2.05) is 16.8 Å². The number of benzene rings is 1. The summed E-state index contributed by atoms with van der Waals surface area (Å²) in [5.41, 5.74) is 0.910. The minimum atomic E-state index is -0.299. The van der Waals surface area contributed by atoms with Crippen LogP contribution in [0.15, 0.2) is 45.6 Å². The van der Waals surface area contributed by atoms with Crippen LogP contribution >= 0.6 is 22.9 Å². The number of halogens is 1. The topological polar surface area (TPSA) is 74.5 Å². The van der Waals surface area contributed by atoms with Crippen molar-refractivity contribution in [2.24, 2.45) is 0 Å². The van der Waals surface area contributed by atoms with Crippen molar-refractivity contribution in [2.75, 3.05) is 13.2 Å². The number of thiophene rings is 1. The molecule has 0 radical (unpaired) electrons. The number of aromatic nitrogens is 2. The van der Waals surface area contributed by atoms with Gasteiger partial charge in [0.25, 0.3) is 0 Å². The highest BCUT2D eigenvalue weighted by molar-refractivity contribution is 7.08. The first kappa shape index (κ1) is 18.4. The lowest BCUT2D eigenvalue weighted by molar-refractivity contribution is -0.143. The highest BCUT2D eigenvalue weighted by Crippen LogP contribution is 2.19. The van der Waals surface area contributed by atoms with Gasteiger partial charge in [-0.3, -0.25) is 4.79 Å². The predicted molar refractivity (Wildman–Crippen MR) is 98.5 cm³/mol. The standard InChI is InChI=1S/C18H17ClN2O4S/c19-14-2-4-15(5-3-14)23-9-1-10-24-17(22)7-6-16-20-18(21-25-16)13-8-11-26-12-13/h2-5,8,11-12H,1,6-7,9-10H2. The van der Waals surface area contributed by atoms with E-state index in [1.54, 1.807) is 35.6 Å². The van der Waals surface area contributed by atoms with Gasteiger partial charge in [0.15, 0.2) is 0 Å². The van der Waals surface area contributed by atoms with Crippen LogP contribution in [-0.4, -0.2) is 29.3 Å². The van der Waals surface area contributed by atoms with Gasteiger partial charge in [-0.25, -0.2) is 0 Å². The molecule has 2 heterocycles. The summed E-state index contributed by atoms with van der Waals surface area (Å²) in [5.74, 6) is 1.40. The minimum absolute atomic E-state index is 0.198. The maximum Gasteiger partial charge on any atom is 0.306 e. The molecule has 8 heteroatoms. The van der Waals surface area contributed by atoms with E-state index in [0.29, 0.717) is 42.8 Å². The Balaban J connectivity index is 1.30. The molecule has 0 amide bonds. The summed E-state index contributed by atoms with van der Waals surface area (Å²) >= 11 is 7.37. The lowest BCUT2D eigenvalue weighted by Gasteiger charge is -2.07. The number of hydrogen-bond donors (Lipinski definition) is 0. The third-order valence-corrected chi connectivity index (χ3v) is 4.36. The fraction of sp³-hybridized carbons (Fsp3) is 0.278. The molecule has 26 heavy (non-hydrogen) atoms. The summed E-state index contributed by atoms with van der Waals surface area (Å²) in [7, 11) is 0. The average molecular weight is 393 g/mol. The Morgan fingerprint density at radius 1 is 1.19 bits per heavy atom. The van der Waals surface area contributed by atoms with Crippen molar-refractivity contribution < 1.29 is 18.8 Å². The Labute approximate surface area is 159 Å². The molecule has 3 rings (SSSR count). The molecule has 136 valence electrons. The molecule has 0 fully saturated rings. The van der Waals surface area contributed by atoms with Gasteiger partial charge in [0.2, 0.25) is 11.7 Å². The van der Waals surface area contributed by atoms with Gasteiger partial charge in [-0.15, -0.1) is 0 Å². The van der Waals surface area contributed by atoms with Crippen molar-refractivity contribution in [2.45, 2.75) is 19.3 Å². The third-order valence-electron chi connectivity index (χ3n) is 3.42. The summed E-state index contributed by atoms with van der Waals surface area (Å²) in [6.45, 7) is 0.763. The zero-order valence-electron chi connectivity index (χ0n) is 13.9. The molecule has 6 nitrogen and oxygen atoms in total. The fourth-order valence-corrected chi connectivity index (χ4v) is 2.87. The Kier molecular flexibility index (Phi) is 6.62. The molecule has 0 aliphatic heterocycles. The SMILES string of the molecule is O=C(CCc1nc(-c2ccsc2)no1)OCCCOc1ccc(Cl)cc1. The van der Waals surface area contributed by atoms with Crippen LogP contribution in [0.4, 0.5) is 0 Å². The van der Waals surface area contributed by atoms with E-state index in [2.05, 4.69) is 10.1 Å². The molecule has 0 saturated carbocycles. The highest BCUT2D eigenvalue weighted by atomic mass is 35.5. The van der Waals surface area contributed by atoms with Crippen molar-refractivity contribution in [3.63, 3.8) is 0 Å². The van der Waals surface area contributed by atoms with Gasteiger partial charge in [-0.2, -0.15) is 16.3 Å². The minimum Gasteiger partial charge on any atom is -0.493 e. The van der Waals surface area contributed by atoms with Crippen molar-refractivity contribution in [1.29, 1.82) is 0 Å². The highest BCUT2D eigenvalue weighted by Gasteiger charge is 2.11. The van der Waals surface area contributed by atoms with Crippen LogP contribution in [0.3, 0.4) is 0 Å². The van der Waals surface area contributed by atoms with Crippen LogP contribution in [0.2, 0.25) is 5.02 Å². The van der Waals surface area contributed by atoms with Crippen molar-refractivity contribution >= 4 is 28.9 Å². The Morgan fingerprint density at radius 3 is 2.81 bits per heavy atom. The summed E-state index contributed by atoms with van der Waals surface area (Å²) in [6.07, 6.45) is 1.16. The van der Waals surface area contributed by atoms with Crippen LogP contribution in [0.25, 0.3) is 11.4 Å². The normalized spacial score (nSPS) is 10.7. The molecule has 0 aliphatic carbocycles. The van der Waals surface area contributed by atoms with E-state index in [0.717, 1.165) is 11.3 Å². The van der Waals surface area contributed by atoms with Crippen LogP contribution in [0.5, 0.6) is 5.75 Å². The molecule has 0 unspecified atom stereocenters. The van der Waals surface area contributed by atoms with Gasteiger partial charge in [-0.05, 0) is 35.7 Å². The third kappa shape index (κ3) is 5.57. The van der Waals surface area contributed by atoms with Crippen molar-refractivity contribution in [3.05, 3.63) is 52.0 Å². The smallest absolute Gasteiger partial charge is 0.306 e. The molecular formula is C18H17ClN2O4S. The van der Waals surface area contributed by atoms with Gasteiger partial charge >= 0.3 is 5.97 Å². The molecule has 0 atom stereocenters. The number of ether oxygens (including phenoxy) is 2. The average Bonchev–Trinajstić information content (AvgIpc) is 3.33.